The fourth-order valence-corrected chi connectivity index (χ4v) is 1.61. The first kappa shape index (κ1) is 20.1. The van der Waals surface area contributed by atoms with E-state index in [1.165, 1.54) is 12.1 Å². The highest BCUT2D eigenvalue weighted by molar-refractivity contribution is 5.85. The molecule has 2 N–H and O–H groups in total. The van der Waals surface area contributed by atoms with Gasteiger partial charge in [-0.1, -0.05) is 0 Å². The zero-order valence-electron chi connectivity index (χ0n) is 12.3. The lowest BCUT2D eigenvalue weighted by molar-refractivity contribution is -0.138. The van der Waals surface area contributed by atoms with Gasteiger partial charge in [-0.3, -0.25) is 14.5 Å². The van der Waals surface area contributed by atoms with Crippen LogP contribution in [-0.4, -0.2) is 55.2 Å². The number of nitrogens with one attached hydrogen (secondary N) is 1. The van der Waals surface area contributed by atoms with Crippen LogP contribution in [0, 0.1) is 5.82 Å². The molecule has 0 aliphatic rings. The number of aliphatic carboxylic acids is 1. The Labute approximate surface area is 134 Å². The molecule has 0 bridgehead atoms. The van der Waals surface area contributed by atoms with Crippen LogP contribution in [0.4, 0.5) is 4.39 Å². The zero-order chi connectivity index (χ0) is 15.7. The van der Waals surface area contributed by atoms with Crippen LogP contribution in [0.25, 0.3) is 0 Å². The maximum atomic E-state index is 12.7. The molecular weight excluding hydrogens is 315 g/mol. The van der Waals surface area contributed by atoms with Crippen molar-refractivity contribution in [1.82, 2.24) is 10.2 Å². The van der Waals surface area contributed by atoms with E-state index in [1.54, 1.807) is 24.1 Å². The molecule has 0 spiro atoms. The van der Waals surface area contributed by atoms with E-state index in [1.807, 2.05) is 0 Å². The van der Waals surface area contributed by atoms with E-state index in [0.717, 1.165) is 0 Å². The van der Waals surface area contributed by atoms with E-state index in [0.29, 0.717) is 25.3 Å². The SMILES string of the molecule is CN(CCCOc1ccc(F)cc1)CC(=O)NCC(=O)O.Cl. The van der Waals surface area contributed by atoms with E-state index in [4.69, 9.17) is 9.84 Å². The minimum absolute atomic E-state index is 0. The van der Waals surface area contributed by atoms with Crippen molar-refractivity contribution in [2.45, 2.75) is 6.42 Å². The maximum Gasteiger partial charge on any atom is 0.322 e. The van der Waals surface area contributed by atoms with Gasteiger partial charge in [0.1, 0.15) is 18.1 Å². The second-order valence-corrected chi connectivity index (χ2v) is 4.56. The monoisotopic (exact) mass is 334 g/mol. The summed E-state index contributed by atoms with van der Waals surface area (Å²) in [7, 11) is 1.76. The molecule has 0 heterocycles. The Morgan fingerprint density at radius 1 is 1.32 bits per heavy atom. The van der Waals surface area contributed by atoms with Gasteiger partial charge in [0.2, 0.25) is 5.91 Å². The first-order valence-corrected chi connectivity index (χ1v) is 6.53. The molecular formula is C14H20ClFN2O4. The topological polar surface area (TPSA) is 78.9 Å². The highest BCUT2D eigenvalue weighted by atomic mass is 35.5. The Morgan fingerprint density at radius 3 is 2.55 bits per heavy atom. The van der Waals surface area contributed by atoms with Gasteiger partial charge < -0.3 is 15.2 Å². The van der Waals surface area contributed by atoms with Gasteiger partial charge in [0.15, 0.2) is 0 Å². The fraction of sp³-hybridized carbons (Fsp3) is 0.429. The van der Waals surface area contributed by atoms with Crippen LogP contribution in [0.3, 0.4) is 0 Å². The summed E-state index contributed by atoms with van der Waals surface area (Å²) in [5.41, 5.74) is 0. The number of carbonyl (C=O) groups is 2. The lowest BCUT2D eigenvalue weighted by Gasteiger charge is -2.16. The minimum Gasteiger partial charge on any atom is -0.494 e. The predicted molar refractivity (Wildman–Crippen MR) is 81.9 cm³/mol. The Hall–Kier alpha value is -1.86. The number of ether oxygens (including phenoxy) is 1. The lowest BCUT2D eigenvalue weighted by Crippen LogP contribution is -2.38. The molecule has 0 unspecified atom stereocenters. The Morgan fingerprint density at radius 2 is 1.95 bits per heavy atom. The molecule has 124 valence electrons. The molecule has 1 rings (SSSR count). The molecule has 0 saturated heterocycles. The highest BCUT2D eigenvalue weighted by Gasteiger charge is 2.07. The standard InChI is InChI=1S/C14H19FN2O4.ClH/c1-17(10-13(18)16-9-14(19)20)7-2-8-21-12-5-3-11(15)4-6-12;/h3-6H,2,7-10H2,1H3,(H,16,18)(H,19,20);1H. The number of benzene rings is 1. The largest absolute Gasteiger partial charge is 0.494 e. The van der Waals surface area contributed by atoms with Crippen LogP contribution < -0.4 is 10.1 Å². The Kier molecular flexibility index (Phi) is 9.89. The van der Waals surface area contributed by atoms with Gasteiger partial charge in [-0.2, -0.15) is 0 Å². The normalized spacial score (nSPS) is 9.95. The molecule has 0 aromatic heterocycles. The number of carboxylic acid groups (broad SMARTS) is 1. The van der Waals surface area contributed by atoms with Gasteiger partial charge in [-0.25, -0.2) is 4.39 Å². The molecule has 0 aliphatic heterocycles. The first-order valence-electron chi connectivity index (χ1n) is 6.53. The van der Waals surface area contributed by atoms with Gasteiger partial charge >= 0.3 is 5.97 Å². The van der Waals surface area contributed by atoms with Crippen molar-refractivity contribution in [3.63, 3.8) is 0 Å². The summed E-state index contributed by atoms with van der Waals surface area (Å²) in [5, 5.41) is 10.7. The summed E-state index contributed by atoms with van der Waals surface area (Å²) in [6.45, 7) is 0.832. The predicted octanol–water partition coefficient (Wildman–Crippen LogP) is 1.15. The van der Waals surface area contributed by atoms with Crippen LogP contribution in [0.5, 0.6) is 5.75 Å². The number of carboxylic acids is 1. The minimum atomic E-state index is -1.07. The smallest absolute Gasteiger partial charge is 0.322 e. The number of hydrogen-bond donors (Lipinski definition) is 2. The summed E-state index contributed by atoms with van der Waals surface area (Å²) >= 11 is 0. The average Bonchev–Trinajstić information content (AvgIpc) is 2.43. The number of carbonyl (C=O) groups excluding carboxylic acids is 1. The van der Waals surface area contributed by atoms with E-state index >= 15 is 0 Å². The maximum absolute atomic E-state index is 12.7. The van der Waals surface area contributed by atoms with E-state index in [9.17, 15) is 14.0 Å². The molecule has 0 fully saturated rings. The van der Waals surface area contributed by atoms with Gasteiger partial charge in [0, 0.05) is 6.54 Å². The molecule has 0 atom stereocenters. The van der Waals surface area contributed by atoms with Gasteiger partial charge in [-0.15, -0.1) is 12.4 Å². The van der Waals surface area contributed by atoms with Crippen molar-refractivity contribution >= 4 is 24.3 Å². The lowest BCUT2D eigenvalue weighted by atomic mass is 10.3. The molecule has 1 amide bonds. The van der Waals surface area contributed by atoms with Crippen molar-refractivity contribution < 1.29 is 23.8 Å². The molecule has 1 aromatic rings. The summed E-state index contributed by atoms with van der Waals surface area (Å²) < 4.78 is 18.1. The zero-order valence-corrected chi connectivity index (χ0v) is 13.1. The summed E-state index contributed by atoms with van der Waals surface area (Å²) in [6, 6.07) is 5.76. The molecule has 6 nitrogen and oxygen atoms in total. The van der Waals surface area contributed by atoms with Crippen LogP contribution in [0.2, 0.25) is 0 Å². The second kappa shape index (κ2) is 10.8. The molecule has 0 radical (unpaired) electrons. The summed E-state index contributed by atoms with van der Waals surface area (Å²) in [5.74, 6) is -1.12. The molecule has 0 saturated carbocycles. The third-order valence-electron chi connectivity index (χ3n) is 2.62. The molecule has 8 heteroatoms. The number of hydrogen-bond acceptors (Lipinski definition) is 4. The van der Waals surface area contributed by atoms with Gasteiger partial charge in [0.25, 0.3) is 0 Å². The number of amides is 1. The van der Waals surface area contributed by atoms with Crippen molar-refractivity contribution in [2.75, 3.05) is 33.3 Å². The quantitative estimate of drug-likeness (QED) is 0.662. The summed E-state index contributed by atoms with van der Waals surface area (Å²) in [6.07, 6.45) is 0.695. The molecule has 0 aliphatic carbocycles. The number of halogens is 2. The van der Waals surface area contributed by atoms with Crippen molar-refractivity contribution in [3.8, 4) is 5.75 Å². The van der Waals surface area contributed by atoms with Crippen LogP contribution in [0.1, 0.15) is 6.42 Å². The van der Waals surface area contributed by atoms with E-state index < -0.39 is 5.97 Å². The Bertz CT molecular complexity index is 470. The summed E-state index contributed by atoms with van der Waals surface area (Å²) in [4.78, 5) is 23.4. The number of nitrogens with zero attached hydrogens (tertiary/aromatic N) is 1. The third-order valence-corrected chi connectivity index (χ3v) is 2.62. The second-order valence-electron chi connectivity index (χ2n) is 4.56. The third kappa shape index (κ3) is 9.15. The van der Waals surface area contributed by atoms with Crippen molar-refractivity contribution in [2.24, 2.45) is 0 Å². The molecule has 1 aromatic carbocycles. The van der Waals surface area contributed by atoms with Gasteiger partial charge in [-0.05, 0) is 37.7 Å². The van der Waals surface area contributed by atoms with Crippen LogP contribution in [0.15, 0.2) is 24.3 Å². The first-order chi connectivity index (χ1) is 9.97. The Balaban J connectivity index is 0.00000441. The number of likely N-dealkylation sites (N-methyl/N-ethyl adjacent to an activating group) is 1. The van der Waals surface area contributed by atoms with Crippen molar-refractivity contribution in [3.05, 3.63) is 30.1 Å². The molecule has 22 heavy (non-hydrogen) atoms. The average molecular weight is 335 g/mol. The van der Waals surface area contributed by atoms with Crippen LogP contribution >= 0.6 is 12.4 Å². The van der Waals surface area contributed by atoms with Crippen molar-refractivity contribution in [1.29, 1.82) is 0 Å². The highest BCUT2D eigenvalue weighted by Crippen LogP contribution is 2.11. The van der Waals surface area contributed by atoms with Gasteiger partial charge in [0.05, 0.1) is 13.2 Å². The number of rotatable bonds is 9. The fourth-order valence-electron chi connectivity index (χ4n) is 1.61. The van der Waals surface area contributed by atoms with Crippen LogP contribution in [-0.2, 0) is 9.59 Å². The van der Waals surface area contributed by atoms with E-state index in [-0.39, 0.29) is 37.2 Å². The van der Waals surface area contributed by atoms with E-state index in [2.05, 4.69) is 5.32 Å².